The minimum Gasteiger partial charge on any atom is -0.397 e. The zero-order valence-corrected chi connectivity index (χ0v) is 22.6. The third kappa shape index (κ3) is 7.07. The number of morpholine rings is 1. The van der Waals surface area contributed by atoms with Gasteiger partial charge in [-0.15, -0.1) is 11.3 Å². The summed E-state index contributed by atoms with van der Waals surface area (Å²) in [5, 5.41) is 16.7. The molecule has 39 heavy (non-hydrogen) atoms. The van der Waals surface area contributed by atoms with Gasteiger partial charge in [0.15, 0.2) is 0 Å². The van der Waals surface area contributed by atoms with Crippen LogP contribution in [0.1, 0.15) is 33.8 Å². The van der Waals surface area contributed by atoms with Crippen molar-refractivity contribution in [3.63, 3.8) is 0 Å². The molecule has 5 heterocycles. The molecule has 12 heteroatoms. The number of anilines is 2. The molecule has 0 radical (unpaired) electrons. The van der Waals surface area contributed by atoms with Gasteiger partial charge in [0.2, 0.25) is 0 Å². The average molecular weight is 548 g/mol. The van der Waals surface area contributed by atoms with Crippen molar-refractivity contribution in [3.05, 3.63) is 52.8 Å². The lowest BCUT2D eigenvalue weighted by molar-refractivity contribution is 0.0414. The molecule has 0 aromatic carbocycles. The molecule has 2 saturated heterocycles. The van der Waals surface area contributed by atoms with Crippen LogP contribution in [0.2, 0.25) is 0 Å². The topological polar surface area (TPSA) is 145 Å². The highest BCUT2D eigenvalue weighted by molar-refractivity contribution is 7.14. The molecule has 204 valence electrons. The Balaban J connectivity index is 1.10. The molecule has 4 N–H and O–H groups in total. The van der Waals surface area contributed by atoms with Crippen LogP contribution < -0.4 is 16.4 Å². The first-order valence-electron chi connectivity index (χ1n) is 13.2. The summed E-state index contributed by atoms with van der Waals surface area (Å²) >= 11 is 1.69. The molecule has 0 saturated carbocycles. The number of rotatable bonds is 9. The molecule has 3 aromatic heterocycles. The molecule has 2 fully saturated rings. The number of thiazole rings is 1. The van der Waals surface area contributed by atoms with E-state index in [4.69, 9.17) is 10.5 Å². The minimum absolute atomic E-state index is 0.210. The molecular formula is C27H33N9O2S. The number of nitrogen functional groups attached to an aromatic ring is 1. The Kier molecular flexibility index (Phi) is 8.95. The van der Waals surface area contributed by atoms with Crippen molar-refractivity contribution in [1.29, 1.82) is 5.26 Å². The maximum absolute atomic E-state index is 12.9. The van der Waals surface area contributed by atoms with Crippen molar-refractivity contribution in [1.82, 2.24) is 30.1 Å². The van der Waals surface area contributed by atoms with Crippen LogP contribution >= 0.6 is 11.3 Å². The second-order valence-corrected chi connectivity index (χ2v) is 10.9. The van der Waals surface area contributed by atoms with Crippen LogP contribution in [0.5, 0.6) is 0 Å². The quantitative estimate of drug-likeness (QED) is 0.365. The Morgan fingerprint density at radius 1 is 1.18 bits per heavy atom. The summed E-state index contributed by atoms with van der Waals surface area (Å²) in [5.74, 6) is 0.442. The zero-order valence-electron chi connectivity index (χ0n) is 21.8. The Hall–Kier alpha value is -3.63. The van der Waals surface area contributed by atoms with Gasteiger partial charge in [-0.2, -0.15) is 5.26 Å². The van der Waals surface area contributed by atoms with Crippen LogP contribution in [0.25, 0.3) is 10.7 Å². The molecule has 1 amide bonds. The highest BCUT2D eigenvalue weighted by Crippen LogP contribution is 2.26. The van der Waals surface area contributed by atoms with Gasteiger partial charge in [-0.3, -0.25) is 19.6 Å². The van der Waals surface area contributed by atoms with Crippen LogP contribution in [-0.4, -0.2) is 83.3 Å². The van der Waals surface area contributed by atoms with E-state index in [9.17, 15) is 10.1 Å². The Bertz CT molecular complexity index is 1300. The van der Waals surface area contributed by atoms with Crippen LogP contribution in [0.3, 0.4) is 0 Å². The second-order valence-electron chi connectivity index (χ2n) is 9.77. The number of piperidine rings is 1. The first kappa shape index (κ1) is 27.0. The molecule has 0 spiro atoms. The molecule has 0 atom stereocenters. The van der Waals surface area contributed by atoms with E-state index in [1.807, 2.05) is 24.4 Å². The van der Waals surface area contributed by atoms with Crippen LogP contribution in [0.4, 0.5) is 11.5 Å². The van der Waals surface area contributed by atoms with E-state index in [0.29, 0.717) is 38.2 Å². The van der Waals surface area contributed by atoms with Gasteiger partial charge in [0, 0.05) is 43.4 Å². The number of nitrogens with one attached hydrogen (secondary N) is 2. The fraction of sp³-hybridized carbons (Fsp3) is 0.444. The molecule has 3 aromatic rings. The number of hydrogen-bond donors (Lipinski definition) is 3. The van der Waals surface area contributed by atoms with Gasteiger partial charge in [0.1, 0.15) is 28.2 Å². The number of carbonyl (C=O) groups excluding carboxylic acids is 1. The number of amides is 1. The summed E-state index contributed by atoms with van der Waals surface area (Å²) in [5.41, 5.74) is 7.71. The first-order chi connectivity index (χ1) is 19.1. The van der Waals surface area contributed by atoms with E-state index in [2.05, 4.69) is 41.5 Å². The fourth-order valence-corrected chi connectivity index (χ4v) is 5.69. The zero-order chi connectivity index (χ0) is 27.0. The van der Waals surface area contributed by atoms with Crippen molar-refractivity contribution < 1.29 is 9.53 Å². The van der Waals surface area contributed by atoms with E-state index in [1.54, 1.807) is 17.5 Å². The normalized spacial score (nSPS) is 17.0. The number of carbonyl (C=O) groups is 1. The van der Waals surface area contributed by atoms with Crippen molar-refractivity contribution in [2.45, 2.75) is 19.4 Å². The van der Waals surface area contributed by atoms with Crippen LogP contribution in [0.15, 0.2) is 36.7 Å². The van der Waals surface area contributed by atoms with Gasteiger partial charge in [-0.05, 0) is 50.0 Å². The third-order valence-corrected chi connectivity index (χ3v) is 8.05. The maximum atomic E-state index is 12.9. The Morgan fingerprint density at radius 2 is 2.00 bits per heavy atom. The largest absolute Gasteiger partial charge is 0.397 e. The predicted molar refractivity (Wildman–Crippen MR) is 150 cm³/mol. The van der Waals surface area contributed by atoms with E-state index in [0.717, 1.165) is 56.3 Å². The Morgan fingerprint density at radius 3 is 2.74 bits per heavy atom. The summed E-state index contributed by atoms with van der Waals surface area (Å²) in [7, 11) is 0. The molecule has 0 unspecified atom stereocenters. The number of pyridine rings is 2. The summed E-state index contributed by atoms with van der Waals surface area (Å²) < 4.78 is 5.37. The molecule has 2 aliphatic heterocycles. The molecule has 0 bridgehead atoms. The van der Waals surface area contributed by atoms with Gasteiger partial charge in [-0.25, -0.2) is 9.97 Å². The fourth-order valence-electron chi connectivity index (χ4n) is 4.76. The standard InChI is InChI=1S/C27H33N9O2S/c28-14-21-22(29)13-24(34-25(21)33-18-36-9-11-38-12-10-36)26(37)31-15-19-4-7-35(8-5-19)17-20-16-32-27(39-20)23-3-1-2-6-30-23/h1-3,6,13,16,19H,4-5,7-12,15,17-18H2,(H,31,37)(H3,29,33,34). The van der Waals surface area contributed by atoms with E-state index < -0.39 is 0 Å². The lowest BCUT2D eigenvalue weighted by atomic mass is 9.96. The highest BCUT2D eigenvalue weighted by atomic mass is 32.1. The monoisotopic (exact) mass is 547 g/mol. The number of likely N-dealkylation sites (tertiary alicyclic amines) is 1. The highest BCUT2D eigenvalue weighted by Gasteiger charge is 2.22. The summed E-state index contributed by atoms with van der Waals surface area (Å²) in [6.07, 6.45) is 5.74. The molecule has 0 aliphatic carbocycles. The molecular weight excluding hydrogens is 514 g/mol. The lowest BCUT2D eigenvalue weighted by Crippen LogP contribution is -2.39. The predicted octanol–water partition coefficient (Wildman–Crippen LogP) is 2.40. The molecule has 2 aliphatic rings. The maximum Gasteiger partial charge on any atom is 0.270 e. The summed E-state index contributed by atoms with van der Waals surface area (Å²) in [4.78, 5) is 32.1. The van der Waals surface area contributed by atoms with Gasteiger partial charge in [0.05, 0.1) is 31.3 Å². The van der Waals surface area contributed by atoms with Gasteiger partial charge in [-0.1, -0.05) is 6.07 Å². The van der Waals surface area contributed by atoms with Gasteiger partial charge < -0.3 is 21.1 Å². The van der Waals surface area contributed by atoms with Crippen molar-refractivity contribution in [3.8, 4) is 16.8 Å². The first-order valence-corrected chi connectivity index (χ1v) is 14.0. The van der Waals surface area contributed by atoms with Crippen LogP contribution in [0, 0.1) is 17.2 Å². The summed E-state index contributed by atoms with van der Waals surface area (Å²) in [6, 6.07) is 9.43. The van der Waals surface area contributed by atoms with Crippen LogP contribution in [-0.2, 0) is 11.3 Å². The summed E-state index contributed by atoms with van der Waals surface area (Å²) in [6.45, 7) is 6.81. The lowest BCUT2D eigenvalue weighted by Gasteiger charge is -2.31. The second kappa shape index (κ2) is 12.9. The molecule has 11 nitrogen and oxygen atoms in total. The number of nitrogens with two attached hydrogens (primary N) is 1. The Labute approximate surface area is 232 Å². The number of hydrogen-bond acceptors (Lipinski definition) is 11. The number of nitriles is 1. The van der Waals surface area contributed by atoms with Crippen molar-refractivity contribution in [2.24, 2.45) is 5.92 Å². The number of aromatic nitrogens is 3. The van der Waals surface area contributed by atoms with Gasteiger partial charge in [0.25, 0.3) is 5.91 Å². The molecule has 5 rings (SSSR count). The minimum atomic E-state index is -0.283. The smallest absolute Gasteiger partial charge is 0.270 e. The number of nitrogens with zero attached hydrogens (tertiary/aromatic N) is 6. The van der Waals surface area contributed by atoms with E-state index in [1.165, 1.54) is 10.9 Å². The average Bonchev–Trinajstić information content (AvgIpc) is 3.45. The van der Waals surface area contributed by atoms with Crippen molar-refractivity contribution >= 4 is 28.7 Å². The van der Waals surface area contributed by atoms with E-state index >= 15 is 0 Å². The number of ether oxygens (including phenoxy) is 1. The third-order valence-electron chi connectivity index (χ3n) is 7.04. The SMILES string of the molecule is N#Cc1c(N)cc(C(=O)NCC2CCN(Cc3cnc(-c4ccccn4)s3)CC2)nc1NCN1CCOCC1. The van der Waals surface area contributed by atoms with E-state index in [-0.39, 0.29) is 22.9 Å². The van der Waals surface area contributed by atoms with Gasteiger partial charge >= 0.3 is 0 Å². The van der Waals surface area contributed by atoms with Crippen molar-refractivity contribution in [2.75, 3.05) is 63.7 Å².